The molecule has 0 aromatic carbocycles. The van der Waals surface area contributed by atoms with Crippen LogP contribution in [0.25, 0.3) is 0 Å². The highest BCUT2D eigenvalue weighted by Gasteiger charge is 2.22. The number of halogens is 1. The Morgan fingerprint density at radius 2 is 2.07 bits per heavy atom. The minimum Gasteiger partial charge on any atom is -0.464 e. The van der Waals surface area contributed by atoms with Gasteiger partial charge in [-0.05, 0) is 6.42 Å². The maximum absolute atomic E-state index is 11.0. The van der Waals surface area contributed by atoms with E-state index < -0.39 is 18.2 Å². The van der Waals surface area contributed by atoms with E-state index >= 15 is 0 Å². The van der Waals surface area contributed by atoms with Crippen LogP contribution in [0.3, 0.4) is 0 Å². The van der Waals surface area contributed by atoms with E-state index in [1.54, 1.807) is 0 Å². The average molecular weight is 269 g/mol. The van der Waals surface area contributed by atoms with E-state index in [-0.39, 0.29) is 0 Å². The van der Waals surface area contributed by atoms with Gasteiger partial charge in [-0.2, -0.15) is 0 Å². The molecular formula is C8H13BrO5. The third kappa shape index (κ3) is 5.93. The van der Waals surface area contributed by atoms with E-state index in [4.69, 9.17) is 4.74 Å². The van der Waals surface area contributed by atoms with Crippen molar-refractivity contribution in [3.05, 3.63) is 0 Å². The first-order valence-electron chi connectivity index (χ1n) is 4.04. The van der Waals surface area contributed by atoms with E-state index in [0.717, 1.165) is 11.8 Å². The summed E-state index contributed by atoms with van der Waals surface area (Å²) in [6, 6.07) is 0. The van der Waals surface area contributed by atoms with Crippen LogP contribution in [0.4, 0.5) is 0 Å². The molecule has 0 spiro atoms. The standard InChI is InChI=1S/C8H13BrO5/c1-6(10)14-8(7(11)12-2)13-5-3-4-9/h8H,3-5H2,1-2H3. The fourth-order valence-corrected chi connectivity index (χ4v) is 0.871. The van der Waals surface area contributed by atoms with E-state index in [1.807, 2.05) is 0 Å². The van der Waals surface area contributed by atoms with Crippen LogP contribution in [0.1, 0.15) is 13.3 Å². The summed E-state index contributed by atoms with van der Waals surface area (Å²) in [6.07, 6.45) is -0.536. The van der Waals surface area contributed by atoms with Crippen molar-refractivity contribution in [3.8, 4) is 0 Å². The van der Waals surface area contributed by atoms with Crippen molar-refractivity contribution >= 4 is 27.9 Å². The van der Waals surface area contributed by atoms with Crippen LogP contribution in [-0.4, -0.2) is 37.3 Å². The predicted molar refractivity (Wildman–Crippen MR) is 51.9 cm³/mol. The number of methoxy groups -OCH3 is 1. The zero-order valence-corrected chi connectivity index (χ0v) is 9.70. The third-order valence-electron chi connectivity index (χ3n) is 1.21. The summed E-state index contributed by atoms with van der Waals surface area (Å²) in [5.41, 5.74) is 0. The van der Waals surface area contributed by atoms with Crippen molar-refractivity contribution in [2.45, 2.75) is 19.6 Å². The number of esters is 2. The van der Waals surface area contributed by atoms with Gasteiger partial charge in [0.2, 0.25) is 0 Å². The molecular weight excluding hydrogens is 256 g/mol. The minimum atomic E-state index is -1.25. The molecule has 0 saturated carbocycles. The van der Waals surface area contributed by atoms with E-state index in [1.165, 1.54) is 14.0 Å². The number of rotatable bonds is 6. The Kier molecular flexibility index (Phi) is 7.41. The molecule has 82 valence electrons. The quantitative estimate of drug-likeness (QED) is 0.309. The Morgan fingerprint density at radius 1 is 1.43 bits per heavy atom. The molecule has 0 radical (unpaired) electrons. The van der Waals surface area contributed by atoms with Crippen molar-refractivity contribution in [1.29, 1.82) is 0 Å². The van der Waals surface area contributed by atoms with Gasteiger partial charge in [-0.3, -0.25) is 4.79 Å². The molecule has 0 N–H and O–H groups in total. The van der Waals surface area contributed by atoms with Crippen molar-refractivity contribution in [3.63, 3.8) is 0 Å². The topological polar surface area (TPSA) is 61.8 Å². The van der Waals surface area contributed by atoms with E-state index in [0.29, 0.717) is 6.61 Å². The second kappa shape index (κ2) is 7.75. The molecule has 0 aliphatic heterocycles. The van der Waals surface area contributed by atoms with Crippen molar-refractivity contribution in [2.75, 3.05) is 19.0 Å². The number of carbonyl (C=O) groups excluding carboxylic acids is 2. The largest absolute Gasteiger partial charge is 0.464 e. The first-order valence-corrected chi connectivity index (χ1v) is 5.16. The number of hydrogen-bond acceptors (Lipinski definition) is 5. The van der Waals surface area contributed by atoms with Crippen LogP contribution in [0.15, 0.2) is 0 Å². The normalized spacial score (nSPS) is 11.9. The highest BCUT2D eigenvalue weighted by atomic mass is 79.9. The van der Waals surface area contributed by atoms with Crippen molar-refractivity contribution in [2.24, 2.45) is 0 Å². The number of alkyl halides is 1. The molecule has 1 unspecified atom stereocenters. The molecule has 0 bridgehead atoms. The van der Waals surface area contributed by atoms with Gasteiger partial charge in [0, 0.05) is 12.3 Å². The fourth-order valence-electron chi connectivity index (χ4n) is 0.642. The molecule has 6 heteroatoms. The highest BCUT2D eigenvalue weighted by Crippen LogP contribution is 2.00. The molecule has 1 atom stereocenters. The predicted octanol–water partition coefficient (Wildman–Crippen LogP) is 0.850. The Labute approximate surface area is 90.8 Å². The van der Waals surface area contributed by atoms with Gasteiger partial charge in [-0.25, -0.2) is 4.79 Å². The second-order valence-electron chi connectivity index (χ2n) is 2.38. The molecule has 5 nitrogen and oxygen atoms in total. The van der Waals surface area contributed by atoms with E-state index in [9.17, 15) is 9.59 Å². The second-order valence-corrected chi connectivity index (χ2v) is 3.17. The third-order valence-corrected chi connectivity index (χ3v) is 1.77. The van der Waals surface area contributed by atoms with Gasteiger partial charge in [0.1, 0.15) is 0 Å². The van der Waals surface area contributed by atoms with Crippen LogP contribution >= 0.6 is 15.9 Å². The van der Waals surface area contributed by atoms with Crippen LogP contribution in [0, 0.1) is 0 Å². The van der Waals surface area contributed by atoms with Crippen molar-refractivity contribution in [1.82, 2.24) is 0 Å². The summed E-state index contributed by atoms with van der Waals surface area (Å²) in [5.74, 6) is -1.30. The van der Waals surface area contributed by atoms with Gasteiger partial charge in [-0.15, -0.1) is 0 Å². The molecule has 0 rings (SSSR count). The number of hydrogen-bond donors (Lipinski definition) is 0. The van der Waals surface area contributed by atoms with Gasteiger partial charge in [0.25, 0.3) is 0 Å². The molecule has 14 heavy (non-hydrogen) atoms. The van der Waals surface area contributed by atoms with Gasteiger partial charge in [0.15, 0.2) is 0 Å². The Balaban J connectivity index is 3.97. The molecule has 0 amide bonds. The maximum atomic E-state index is 11.0. The van der Waals surface area contributed by atoms with Gasteiger partial charge < -0.3 is 14.2 Å². The molecule has 0 saturated heterocycles. The molecule has 0 aliphatic rings. The lowest BCUT2D eigenvalue weighted by Gasteiger charge is -2.14. The zero-order valence-electron chi connectivity index (χ0n) is 8.12. The molecule has 0 fully saturated rings. The summed E-state index contributed by atoms with van der Waals surface area (Å²) in [4.78, 5) is 21.6. The van der Waals surface area contributed by atoms with Crippen LogP contribution in [0.2, 0.25) is 0 Å². The molecule has 0 aliphatic carbocycles. The van der Waals surface area contributed by atoms with Gasteiger partial charge in [-0.1, -0.05) is 15.9 Å². The average Bonchev–Trinajstić information content (AvgIpc) is 2.15. The molecule has 0 heterocycles. The SMILES string of the molecule is COC(=O)C(OCCCBr)OC(C)=O. The lowest BCUT2D eigenvalue weighted by molar-refractivity contribution is -0.197. The Morgan fingerprint density at radius 3 is 2.50 bits per heavy atom. The Bertz CT molecular complexity index is 194. The maximum Gasteiger partial charge on any atom is 0.376 e. The minimum absolute atomic E-state index is 0.318. The van der Waals surface area contributed by atoms with Crippen LogP contribution < -0.4 is 0 Å². The lowest BCUT2D eigenvalue weighted by atomic mass is 10.5. The summed E-state index contributed by atoms with van der Waals surface area (Å²) < 4.78 is 14.0. The smallest absolute Gasteiger partial charge is 0.376 e. The summed E-state index contributed by atoms with van der Waals surface area (Å²) >= 11 is 3.20. The summed E-state index contributed by atoms with van der Waals surface area (Å²) in [6.45, 7) is 1.52. The van der Waals surface area contributed by atoms with Gasteiger partial charge >= 0.3 is 18.2 Å². The van der Waals surface area contributed by atoms with Crippen molar-refractivity contribution < 1.29 is 23.8 Å². The number of carbonyl (C=O) groups is 2. The zero-order chi connectivity index (χ0) is 11.0. The summed E-state index contributed by atoms with van der Waals surface area (Å²) in [7, 11) is 1.20. The first kappa shape index (κ1) is 13.4. The number of ether oxygens (including phenoxy) is 3. The monoisotopic (exact) mass is 268 g/mol. The van der Waals surface area contributed by atoms with Crippen LogP contribution in [-0.2, 0) is 23.8 Å². The Hall–Kier alpha value is -0.620. The van der Waals surface area contributed by atoms with E-state index in [2.05, 4.69) is 25.4 Å². The van der Waals surface area contributed by atoms with Gasteiger partial charge in [0.05, 0.1) is 13.7 Å². The van der Waals surface area contributed by atoms with Crippen LogP contribution in [0.5, 0.6) is 0 Å². The summed E-state index contributed by atoms with van der Waals surface area (Å²) in [5, 5.41) is 0.751. The molecule has 0 aromatic rings. The fraction of sp³-hybridized carbons (Fsp3) is 0.750. The lowest BCUT2D eigenvalue weighted by Crippen LogP contribution is -2.30. The molecule has 0 aromatic heterocycles. The highest BCUT2D eigenvalue weighted by molar-refractivity contribution is 9.09. The first-order chi connectivity index (χ1) is 6.61.